The molecule has 0 amide bonds. The molecule has 0 radical (unpaired) electrons. The molecule has 0 bridgehead atoms. The number of hydrogen-bond acceptors (Lipinski definition) is 4. The first-order valence-electron chi connectivity index (χ1n) is 5.57. The molecule has 82 valence electrons. The number of ether oxygens (including phenoxy) is 2. The zero-order valence-electron chi connectivity index (χ0n) is 8.63. The SMILES string of the molecule is C1CNCC(NC2COCCOC2)C1. The Morgan fingerprint density at radius 3 is 2.50 bits per heavy atom. The predicted molar refractivity (Wildman–Crippen MR) is 54.5 cm³/mol. The molecule has 0 aliphatic carbocycles. The van der Waals surface area contributed by atoms with Gasteiger partial charge in [0, 0.05) is 12.6 Å². The van der Waals surface area contributed by atoms with Crippen molar-refractivity contribution < 1.29 is 9.47 Å². The lowest BCUT2D eigenvalue weighted by Crippen LogP contribution is -2.49. The first kappa shape index (κ1) is 10.4. The Morgan fingerprint density at radius 2 is 1.86 bits per heavy atom. The molecule has 2 N–H and O–H groups in total. The smallest absolute Gasteiger partial charge is 0.0701 e. The average molecular weight is 200 g/mol. The van der Waals surface area contributed by atoms with Crippen LogP contribution in [0, 0.1) is 0 Å². The second-order valence-electron chi connectivity index (χ2n) is 4.06. The van der Waals surface area contributed by atoms with Gasteiger partial charge in [0.05, 0.1) is 32.5 Å². The summed E-state index contributed by atoms with van der Waals surface area (Å²) in [5.41, 5.74) is 0. The summed E-state index contributed by atoms with van der Waals surface area (Å²) in [6.45, 7) is 5.29. The molecule has 2 aliphatic rings. The fourth-order valence-electron chi connectivity index (χ4n) is 2.04. The minimum atomic E-state index is 0.377. The van der Waals surface area contributed by atoms with Gasteiger partial charge in [0.2, 0.25) is 0 Å². The lowest BCUT2D eigenvalue weighted by Gasteiger charge is -2.27. The van der Waals surface area contributed by atoms with Crippen LogP contribution in [0.1, 0.15) is 12.8 Å². The number of hydrogen-bond donors (Lipinski definition) is 2. The Bertz CT molecular complexity index is 152. The van der Waals surface area contributed by atoms with Crippen LogP contribution in [0.4, 0.5) is 0 Å². The largest absolute Gasteiger partial charge is 0.377 e. The van der Waals surface area contributed by atoms with Crippen molar-refractivity contribution in [2.24, 2.45) is 0 Å². The summed E-state index contributed by atoms with van der Waals surface area (Å²) in [4.78, 5) is 0. The fraction of sp³-hybridized carbons (Fsp3) is 1.00. The molecular weight excluding hydrogens is 180 g/mol. The third-order valence-corrected chi connectivity index (χ3v) is 2.78. The van der Waals surface area contributed by atoms with E-state index in [1.165, 1.54) is 12.8 Å². The zero-order chi connectivity index (χ0) is 9.64. The molecule has 0 aromatic carbocycles. The summed E-state index contributed by atoms with van der Waals surface area (Å²) >= 11 is 0. The molecule has 0 aromatic heterocycles. The number of rotatable bonds is 2. The zero-order valence-corrected chi connectivity index (χ0v) is 8.63. The lowest BCUT2D eigenvalue weighted by atomic mass is 10.1. The van der Waals surface area contributed by atoms with E-state index in [4.69, 9.17) is 9.47 Å². The van der Waals surface area contributed by atoms with Crippen LogP contribution in [0.25, 0.3) is 0 Å². The quantitative estimate of drug-likeness (QED) is 0.645. The van der Waals surface area contributed by atoms with E-state index in [9.17, 15) is 0 Å². The first-order chi connectivity index (χ1) is 6.95. The Labute approximate surface area is 85.3 Å². The molecule has 2 saturated heterocycles. The Kier molecular flexibility index (Phi) is 4.19. The van der Waals surface area contributed by atoms with Crippen LogP contribution in [-0.2, 0) is 9.47 Å². The highest BCUT2D eigenvalue weighted by Crippen LogP contribution is 2.04. The monoisotopic (exact) mass is 200 g/mol. The van der Waals surface area contributed by atoms with Crippen LogP contribution in [0.3, 0.4) is 0 Å². The molecule has 2 fully saturated rings. The molecule has 0 aromatic rings. The van der Waals surface area contributed by atoms with E-state index < -0.39 is 0 Å². The second-order valence-corrected chi connectivity index (χ2v) is 4.06. The molecule has 2 rings (SSSR count). The molecular formula is C10H20N2O2. The van der Waals surface area contributed by atoms with Gasteiger partial charge in [0.25, 0.3) is 0 Å². The van der Waals surface area contributed by atoms with Gasteiger partial charge in [-0.15, -0.1) is 0 Å². The van der Waals surface area contributed by atoms with Crippen molar-refractivity contribution in [3.05, 3.63) is 0 Å². The molecule has 2 heterocycles. The van der Waals surface area contributed by atoms with Gasteiger partial charge in [-0.25, -0.2) is 0 Å². The second kappa shape index (κ2) is 5.66. The van der Waals surface area contributed by atoms with E-state index in [2.05, 4.69) is 10.6 Å². The van der Waals surface area contributed by atoms with Crippen molar-refractivity contribution in [2.75, 3.05) is 39.5 Å². The van der Waals surface area contributed by atoms with Gasteiger partial charge in [-0.05, 0) is 19.4 Å². The molecule has 4 heteroatoms. The molecule has 0 spiro atoms. The highest BCUT2D eigenvalue weighted by atomic mass is 16.5. The summed E-state index contributed by atoms with van der Waals surface area (Å²) < 4.78 is 10.9. The Balaban J connectivity index is 1.71. The van der Waals surface area contributed by atoms with Gasteiger partial charge in [0.15, 0.2) is 0 Å². The molecule has 1 unspecified atom stereocenters. The minimum Gasteiger partial charge on any atom is -0.377 e. The molecule has 0 saturated carbocycles. The van der Waals surface area contributed by atoms with Crippen LogP contribution < -0.4 is 10.6 Å². The number of piperidine rings is 1. The lowest BCUT2D eigenvalue weighted by molar-refractivity contribution is 0.103. The highest BCUT2D eigenvalue weighted by Gasteiger charge is 2.19. The van der Waals surface area contributed by atoms with Crippen molar-refractivity contribution in [2.45, 2.75) is 24.9 Å². The normalized spacial score (nSPS) is 31.3. The van der Waals surface area contributed by atoms with Crippen molar-refractivity contribution in [3.8, 4) is 0 Å². The number of nitrogens with one attached hydrogen (secondary N) is 2. The van der Waals surface area contributed by atoms with E-state index >= 15 is 0 Å². The standard InChI is InChI=1S/C10H20N2O2/c1-2-9(6-11-3-1)12-10-7-13-4-5-14-8-10/h9-12H,1-8H2. The van der Waals surface area contributed by atoms with Crippen molar-refractivity contribution in [3.63, 3.8) is 0 Å². The van der Waals surface area contributed by atoms with Crippen molar-refractivity contribution in [1.82, 2.24) is 10.6 Å². The summed E-state index contributed by atoms with van der Waals surface area (Å²) in [6, 6.07) is 0.974. The van der Waals surface area contributed by atoms with Gasteiger partial charge in [-0.2, -0.15) is 0 Å². The van der Waals surface area contributed by atoms with E-state index in [1.54, 1.807) is 0 Å². The Hall–Kier alpha value is -0.160. The maximum atomic E-state index is 5.44. The van der Waals surface area contributed by atoms with Crippen LogP contribution in [0.5, 0.6) is 0 Å². The summed E-state index contributed by atoms with van der Waals surface area (Å²) in [7, 11) is 0. The third kappa shape index (κ3) is 3.20. The van der Waals surface area contributed by atoms with Crippen molar-refractivity contribution in [1.29, 1.82) is 0 Å². The van der Waals surface area contributed by atoms with Crippen LogP contribution in [0.2, 0.25) is 0 Å². The van der Waals surface area contributed by atoms with Gasteiger partial charge < -0.3 is 20.1 Å². The van der Waals surface area contributed by atoms with Crippen molar-refractivity contribution >= 4 is 0 Å². The van der Waals surface area contributed by atoms with E-state index in [1.807, 2.05) is 0 Å². The Morgan fingerprint density at radius 1 is 1.07 bits per heavy atom. The van der Waals surface area contributed by atoms with E-state index in [-0.39, 0.29) is 0 Å². The molecule has 1 atom stereocenters. The summed E-state index contributed by atoms with van der Waals surface area (Å²) in [5.74, 6) is 0. The fourth-order valence-corrected chi connectivity index (χ4v) is 2.04. The van der Waals surface area contributed by atoms with Gasteiger partial charge in [0.1, 0.15) is 0 Å². The first-order valence-corrected chi connectivity index (χ1v) is 5.57. The molecule has 2 aliphatic heterocycles. The highest BCUT2D eigenvalue weighted by molar-refractivity contribution is 4.79. The van der Waals surface area contributed by atoms with Crippen LogP contribution in [0.15, 0.2) is 0 Å². The maximum Gasteiger partial charge on any atom is 0.0701 e. The third-order valence-electron chi connectivity index (χ3n) is 2.78. The maximum absolute atomic E-state index is 5.44. The molecule has 4 nitrogen and oxygen atoms in total. The summed E-state index contributed by atoms with van der Waals surface area (Å²) in [5, 5.41) is 6.98. The summed E-state index contributed by atoms with van der Waals surface area (Å²) in [6.07, 6.45) is 2.54. The van der Waals surface area contributed by atoms with Gasteiger partial charge >= 0.3 is 0 Å². The molecule has 14 heavy (non-hydrogen) atoms. The van der Waals surface area contributed by atoms with Gasteiger partial charge in [-0.1, -0.05) is 0 Å². The van der Waals surface area contributed by atoms with Crippen LogP contribution >= 0.6 is 0 Å². The minimum absolute atomic E-state index is 0.377. The van der Waals surface area contributed by atoms with E-state index in [0.29, 0.717) is 12.1 Å². The van der Waals surface area contributed by atoms with E-state index in [0.717, 1.165) is 39.5 Å². The van der Waals surface area contributed by atoms with Gasteiger partial charge in [-0.3, -0.25) is 0 Å². The predicted octanol–water partition coefficient (Wildman–Crippen LogP) is -0.257. The van der Waals surface area contributed by atoms with Crippen LogP contribution in [-0.4, -0.2) is 51.6 Å². The average Bonchev–Trinajstić information content (AvgIpc) is 2.48. The topological polar surface area (TPSA) is 42.5 Å².